The summed E-state index contributed by atoms with van der Waals surface area (Å²) in [5, 5.41) is 14.5. The minimum absolute atomic E-state index is 0.121. The van der Waals surface area contributed by atoms with Gasteiger partial charge in [-0.05, 0) is 55.1 Å². The number of amides is 1. The van der Waals surface area contributed by atoms with Crippen molar-refractivity contribution in [1.29, 1.82) is 0 Å². The predicted molar refractivity (Wildman–Crippen MR) is 133 cm³/mol. The SMILES string of the molecule is CC1(C)OB(c2ccc(C[C@H](NC(=O)Cc3ccc4ccccc4c3)C(=O)O)cc2)OC1(C)C. The maximum Gasteiger partial charge on any atom is 0.494 e. The van der Waals surface area contributed by atoms with Gasteiger partial charge in [0.05, 0.1) is 17.6 Å². The van der Waals surface area contributed by atoms with E-state index in [9.17, 15) is 14.7 Å². The second-order valence-electron chi connectivity index (χ2n) is 9.85. The van der Waals surface area contributed by atoms with Gasteiger partial charge >= 0.3 is 13.1 Å². The van der Waals surface area contributed by atoms with E-state index in [0.717, 1.165) is 27.4 Å². The highest BCUT2D eigenvalue weighted by Crippen LogP contribution is 2.36. The summed E-state index contributed by atoms with van der Waals surface area (Å²) in [6.45, 7) is 8.00. The van der Waals surface area contributed by atoms with Gasteiger partial charge < -0.3 is 19.7 Å². The molecule has 0 aliphatic carbocycles. The summed E-state index contributed by atoms with van der Waals surface area (Å²) in [4.78, 5) is 24.4. The van der Waals surface area contributed by atoms with E-state index in [-0.39, 0.29) is 18.7 Å². The van der Waals surface area contributed by atoms with Gasteiger partial charge in [-0.15, -0.1) is 0 Å². The third-order valence-electron chi connectivity index (χ3n) is 6.76. The van der Waals surface area contributed by atoms with Gasteiger partial charge in [-0.3, -0.25) is 4.79 Å². The van der Waals surface area contributed by atoms with Gasteiger partial charge in [0.2, 0.25) is 5.91 Å². The van der Waals surface area contributed by atoms with Crippen LogP contribution in [0.25, 0.3) is 10.8 Å². The lowest BCUT2D eigenvalue weighted by molar-refractivity contribution is -0.141. The van der Waals surface area contributed by atoms with E-state index in [4.69, 9.17) is 9.31 Å². The number of carboxylic acids is 1. The van der Waals surface area contributed by atoms with E-state index in [1.54, 1.807) is 0 Å². The van der Waals surface area contributed by atoms with Gasteiger partial charge in [-0.25, -0.2) is 4.79 Å². The largest absolute Gasteiger partial charge is 0.494 e. The molecule has 1 aliphatic heterocycles. The molecular weight excluding hydrogens is 429 g/mol. The second kappa shape index (κ2) is 9.24. The summed E-state index contributed by atoms with van der Waals surface area (Å²) < 4.78 is 12.1. The lowest BCUT2D eigenvalue weighted by Crippen LogP contribution is -2.43. The Hall–Kier alpha value is -3.16. The minimum atomic E-state index is -1.07. The smallest absolute Gasteiger partial charge is 0.480 e. The molecule has 0 unspecified atom stereocenters. The molecule has 6 nitrogen and oxygen atoms in total. The summed E-state index contributed by atoms with van der Waals surface area (Å²) in [6, 6.07) is 20.2. The van der Waals surface area contributed by atoms with Gasteiger partial charge in [0, 0.05) is 6.42 Å². The lowest BCUT2D eigenvalue weighted by atomic mass is 9.78. The first-order valence-electron chi connectivity index (χ1n) is 11.5. The molecule has 7 heteroatoms. The van der Waals surface area contributed by atoms with E-state index >= 15 is 0 Å². The number of benzene rings is 3. The van der Waals surface area contributed by atoms with Crippen molar-refractivity contribution in [2.24, 2.45) is 0 Å². The number of rotatable bonds is 7. The highest BCUT2D eigenvalue weighted by molar-refractivity contribution is 6.62. The van der Waals surface area contributed by atoms with Gasteiger partial charge in [-0.2, -0.15) is 0 Å². The zero-order chi connectivity index (χ0) is 24.5. The Kier molecular flexibility index (Phi) is 6.52. The fourth-order valence-corrected chi connectivity index (χ4v) is 4.01. The number of hydrogen-bond donors (Lipinski definition) is 2. The van der Waals surface area contributed by atoms with Gasteiger partial charge in [0.25, 0.3) is 0 Å². The van der Waals surface area contributed by atoms with Crippen molar-refractivity contribution in [3.05, 3.63) is 77.9 Å². The second-order valence-corrected chi connectivity index (χ2v) is 9.85. The molecule has 3 aromatic rings. The number of carboxylic acid groups (broad SMARTS) is 1. The van der Waals surface area contributed by atoms with Gasteiger partial charge in [-0.1, -0.05) is 66.7 Å². The van der Waals surface area contributed by atoms with Crippen LogP contribution in [0.4, 0.5) is 0 Å². The Morgan fingerprint density at radius 2 is 1.47 bits per heavy atom. The van der Waals surface area contributed by atoms with Crippen LogP contribution >= 0.6 is 0 Å². The van der Waals surface area contributed by atoms with Crippen LogP contribution < -0.4 is 10.8 Å². The first-order valence-corrected chi connectivity index (χ1v) is 11.5. The molecule has 1 amide bonds. The molecule has 1 heterocycles. The third kappa shape index (κ3) is 5.16. The van der Waals surface area contributed by atoms with Crippen LogP contribution in [-0.4, -0.2) is 41.3 Å². The number of aliphatic carboxylic acids is 1. The molecular formula is C27H30BNO5. The van der Waals surface area contributed by atoms with Crippen molar-refractivity contribution in [3.63, 3.8) is 0 Å². The molecule has 1 aliphatic rings. The number of carbonyl (C=O) groups excluding carboxylic acids is 1. The molecule has 0 bridgehead atoms. The van der Waals surface area contributed by atoms with E-state index in [2.05, 4.69) is 5.32 Å². The van der Waals surface area contributed by atoms with E-state index in [1.165, 1.54) is 0 Å². The highest BCUT2D eigenvalue weighted by Gasteiger charge is 2.51. The zero-order valence-corrected chi connectivity index (χ0v) is 20.0. The van der Waals surface area contributed by atoms with Crippen LogP contribution in [0.2, 0.25) is 0 Å². The first kappa shape index (κ1) is 24.0. The number of nitrogens with one attached hydrogen (secondary N) is 1. The van der Waals surface area contributed by atoms with Crippen molar-refractivity contribution in [2.45, 2.75) is 57.8 Å². The van der Waals surface area contributed by atoms with Crippen LogP contribution in [0, 0.1) is 0 Å². The van der Waals surface area contributed by atoms with Crippen LogP contribution in [-0.2, 0) is 31.7 Å². The zero-order valence-electron chi connectivity index (χ0n) is 20.0. The lowest BCUT2D eigenvalue weighted by Gasteiger charge is -2.32. The topological polar surface area (TPSA) is 84.9 Å². The molecule has 0 radical (unpaired) electrons. The predicted octanol–water partition coefficient (Wildman–Crippen LogP) is 3.49. The van der Waals surface area contributed by atoms with Crippen molar-refractivity contribution in [3.8, 4) is 0 Å². The molecule has 1 saturated heterocycles. The normalized spacial score (nSPS) is 17.5. The summed E-state index contributed by atoms with van der Waals surface area (Å²) in [7, 11) is -0.476. The fraction of sp³-hybridized carbons (Fsp3) is 0.333. The molecule has 1 fully saturated rings. The van der Waals surface area contributed by atoms with Gasteiger partial charge in [0.15, 0.2) is 0 Å². The Balaban J connectivity index is 1.39. The molecule has 176 valence electrons. The monoisotopic (exact) mass is 459 g/mol. The van der Waals surface area contributed by atoms with Crippen molar-refractivity contribution < 1.29 is 24.0 Å². The van der Waals surface area contributed by atoms with E-state index < -0.39 is 30.3 Å². The van der Waals surface area contributed by atoms with E-state index in [0.29, 0.717) is 0 Å². The molecule has 0 saturated carbocycles. The average molecular weight is 459 g/mol. The minimum Gasteiger partial charge on any atom is -0.480 e. The van der Waals surface area contributed by atoms with Crippen molar-refractivity contribution in [2.75, 3.05) is 0 Å². The van der Waals surface area contributed by atoms with Crippen LogP contribution in [0.5, 0.6) is 0 Å². The Labute approximate surface area is 200 Å². The van der Waals surface area contributed by atoms with Crippen molar-refractivity contribution >= 4 is 35.2 Å². The Morgan fingerprint density at radius 1 is 0.882 bits per heavy atom. The quantitative estimate of drug-likeness (QED) is 0.529. The Bertz CT molecular complexity index is 1190. The van der Waals surface area contributed by atoms with Gasteiger partial charge in [0.1, 0.15) is 6.04 Å². The standard InChI is InChI=1S/C27H30BNO5/c1-26(2)27(3,4)34-28(33-26)22-13-10-18(11-14-22)16-23(25(31)32)29-24(30)17-19-9-12-20-7-5-6-8-21(20)15-19/h5-15,23H,16-17H2,1-4H3,(H,29,30)(H,31,32)/t23-/m0/s1. The molecule has 4 rings (SSSR count). The molecule has 0 spiro atoms. The van der Waals surface area contributed by atoms with Crippen LogP contribution in [0.15, 0.2) is 66.7 Å². The summed E-state index contributed by atoms with van der Waals surface area (Å²) in [5.74, 6) is -1.39. The third-order valence-corrected chi connectivity index (χ3v) is 6.76. The maximum atomic E-state index is 12.6. The highest BCUT2D eigenvalue weighted by atomic mass is 16.7. The first-order chi connectivity index (χ1) is 16.0. The summed E-state index contributed by atoms with van der Waals surface area (Å²) in [6.07, 6.45) is 0.303. The molecule has 3 aromatic carbocycles. The summed E-state index contributed by atoms with van der Waals surface area (Å²) in [5.41, 5.74) is 1.65. The van der Waals surface area contributed by atoms with E-state index in [1.807, 2.05) is 94.4 Å². The average Bonchev–Trinajstić information content (AvgIpc) is 3.00. The van der Waals surface area contributed by atoms with Crippen molar-refractivity contribution in [1.82, 2.24) is 5.32 Å². The molecule has 34 heavy (non-hydrogen) atoms. The molecule has 0 aromatic heterocycles. The number of carbonyl (C=O) groups is 2. The number of hydrogen-bond acceptors (Lipinski definition) is 4. The fourth-order valence-electron chi connectivity index (χ4n) is 4.01. The Morgan fingerprint density at radius 3 is 2.09 bits per heavy atom. The number of fused-ring (bicyclic) bond motifs is 1. The van der Waals surface area contributed by atoms with Crippen LogP contribution in [0.3, 0.4) is 0 Å². The molecule has 1 atom stereocenters. The molecule has 2 N–H and O–H groups in total. The van der Waals surface area contributed by atoms with Crippen LogP contribution in [0.1, 0.15) is 38.8 Å². The maximum absolute atomic E-state index is 12.6. The summed E-state index contributed by atoms with van der Waals surface area (Å²) >= 11 is 0.